The smallest absolute Gasteiger partial charge is 0.418 e. The number of hydrogen-bond donors (Lipinski definition) is 1. The number of benzene rings is 2. The molecular formula is C17H10F3NO2. The summed E-state index contributed by atoms with van der Waals surface area (Å²) in [5, 5.41) is 10.2. The number of halogens is 3. The summed E-state index contributed by atoms with van der Waals surface area (Å²) in [5.41, 5.74) is -0.811. The maximum atomic E-state index is 13.2. The van der Waals surface area contributed by atoms with Crippen molar-refractivity contribution in [1.29, 1.82) is 0 Å². The summed E-state index contributed by atoms with van der Waals surface area (Å²) in [4.78, 5) is 15.0. The third-order valence-corrected chi connectivity index (χ3v) is 3.50. The highest BCUT2D eigenvalue weighted by Crippen LogP contribution is 2.38. The fourth-order valence-electron chi connectivity index (χ4n) is 2.46. The number of aromatic nitrogens is 1. The average Bonchev–Trinajstić information content (AvgIpc) is 2.53. The molecule has 0 saturated carbocycles. The van der Waals surface area contributed by atoms with Crippen LogP contribution in [0.25, 0.3) is 22.0 Å². The number of nitrogens with zero attached hydrogens (tertiary/aromatic N) is 1. The van der Waals surface area contributed by atoms with Gasteiger partial charge < -0.3 is 5.11 Å². The fourth-order valence-corrected chi connectivity index (χ4v) is 2.46. The van der Waals surface area contributed by atoms with Crippen LogP contribution in [-0.4, -0.2) is 16.1 Å². The Labute approximate surface area is 129 Å². The lowest BCUT2D eigenvalue weighted by atomic mass is 9.97. The first-order valence-electron chi connectivity index (χ1n) is 6.66. The van der Waals surface area contributed by atoms with Crippen LogP contribution < -0.4 is 0 Å². The van der Waals surface area contributed by atoms with E-state index in [2.05, 4.69) is 4.98 Å². The third-order valence-electron chi connectivity index (χ3n) is 3.50. The zero-order valence-electron chi connectivity index (χ0n) is 11.6. The number of carboxylic acids is 1. The topological polar surface area (TPSA) is 50.2 Å². The van der Waals surface area contributed by atoms with E-state index in [1.165, 1.54) is 30.5 Å². The minimum atomic E-state index is -4.55. The summed E-state index contributed by atoms with van der Waals surface area (Å²) in [6.45, 7) is 0. The highest BCUT2D eigenvalue weighted by molar-refractivity contribution is 6.01. The van der Waals surface area contributed by atoms with Crippen molar-refractivity contribution >= 4 is 16.7 Å². The second-order valence-corrected chi connectivity index (χ2v) is 4.94. The summed E-state index contributed by atoms with van der Waals surface area (Å²) >= 11 is 0. The minimum absolute atomic E-state index is 0.00874. The zero-order valence-corrected chi connectivity index (χ0v) is 11.6. The van der Waals surface area contributed by atoms with Crippen LogP contribution in [0.4, 0.5) is 13.2 Å². The second-order valence-electron chi connectivity index (χ2n) is 4.94. The molecule has 0 bridgehead atoms. The molecule has 0 amide bonds. The van der Waals surface area contributed by atoms with Gasteiger partial charge in [-0.1, -0.05) is 24.3 Å². The van der Waals surface area contributed by atoms with Crippen LogP contribution in [0.3, 0.4) is 0 Å². The van der Waals surface area contributed by atoms with E-state index in [1.54, 1.807) is 18.2 Å². The van der Waals surface area contributed by atoms with Gasteiger partial charge in [0.15, 0.2) is 0 Å². The molecule has 1 heterocycles. The Morgan fingerprint density at radius 3 is 2.52 bits per heavy atom. The molecule has 23 heavy (non-hydrogen) atoms. The van der Waals surface area contributed by atoms with Crippen LogP contribution >= 0.6 is 0 Å². The molecule has 116 valence electrons. The normalized spacial score (nSPS) is 11.6. The summed E-state index contributed by atoms with van der Waals surface area (Å²) < 4.78 is 39.6. The predicted octanol–water partition coefficient (Wildman–Crippen LogP) is 4.62. The number of fused-ring (bicyclic) bond motifs is 1. The molecule has 0 radical (unpaired) electrons. The highest BCUT2D eigenvalue weighted by Gasteiger charge is 2.34. The van der Waals surface area contributed by atoms with Gasteiger partial charge in [0.25, 0.3) is 0 Å². The van der Waals surface area contributed by atoms with Gasteiger partial charge in [-0.2, -0.15) is 13.2 Å². The Bertz CT molecular complexity index is 904. The van der Waals surface area contributed by atoms with Gasteiger partial charge >= 0.3 is 12.1 Å². The van der Waals surface area contributed by atoms with Gasteiger partial charge in [0.2, 0.25) is 0 Å². The molecule has 1 aromatic heterocycles. The molecule has 3 nitrogen and oxygen atoms in total. The van der Waals surface area contributed by atoms with Gasteiger partial charge in [-0.3, -0.25) is 4.98 Å². The summed E-state index contributed by atoms with van der Waals surface area (Å²) in [5.74, 6) is -1.14. The van der Waals surface area contributed by atoms with Crippen LogP contribution in [0, 0.1) is 0 Å². The number of alkyl halides is 3. The summed E-state index contributed by atoms with van der Waals surface area (Å²) in [7, 11) is 0. The SMILES string of the molecule is O=C(O)c1ccc2cccc(-c3ncccc3C(F)(F)F)c2c1. The molecule has 6 heteroatoms. The number of hydrogen-bond acceptors (Lipinski definition) is 2. The van der Waals surface area contributed by atoms with Crippen LogP contribution in [0.1, 0.15) is 15.9 Å². The van der Waals surface area contributed by atoms with Gasteiger partial charge in [0.1, 0.15) is 0 Å². The molecule has 0 unspecified atom stereocenters. The first-order valence-corrected chi connectivity index (χ1v) is 6.66. The quantitative estimate of drug-likeness (QED) is 0.750. The van der Waals surface area contributed by atoms with Crippen molar-refractivity contribution in [2.75, 3.05) is 0 Å². The van der Waals surface area contributed by atoms with E-state index >= 15 is 0 Å². The van der Waals surface area contributed by atoms with Gasteiger partial charge in [-0.25, -0.2) is 4.79 Å². The van der Waals surface area contributed by atoms with Crippen molar-refractivity contribution < 1.29 is 23.1 Å². The molecule has 0 aliphatic rings. The van der Waals surface area contributed by atoms with E-state index in [0.717, 1.165) is 6.07 Å². The van der Waals surface area contributed by atoms with Gasteiger partial charge in [-0.15, -0.1) is 0 Å². The monoisotopic (exact) mass is 317 g/mol. The molecular weight excluding hydrogens is 307 g/mol. The number of pyridine rings is 1. The van der Waals surface area contributed by atoms with E-state index in [-0.39, 0.29) is 16.8 Å². The molecule has 0 spiro atoms. The van der Waals surface area contributed by atoms with Gasteiger partial charge in [-0.05, 0) is 35.0 Å². The van der Waals surface area contributed by atoms with E-state index in [1.807, 2.05) is 0 Å². The lowest BCUT2D eigenvalue weighted by Crippen LogP contribution is -2.08. The number of aromatic carboxylic acids is 1. The first-order chi connectivity index (χ1) is 10.9. The van der Waals surface area contributed by atoms with Crippen molar-refractivity contribution in [1.82, 2.24) is 4.98 Å². The van der Waals surface area contributed by atoms with Crippen LogP contribution in [0.15, 0.2) is 54.7 Å². The maximum absolute atomic E-state index is 13.2. The van der Waals surface area contributed by atoms with Gasteiger partial charge in [0, 0.05) is 11.8 Å². The van der Waals surface area contributed by atoms with Crippen molar-refractivity contribution in [3.05, 3.63) is 65.9 Å². The molecule has 1 N–H and O–H groups in total. The fraction of sp³-hybridized carbons (Fsp3) is 0.0588. The van der Waals surface area contributed by atoms with Crippen LogP contribution in [0.5, 0.6) is 0 Å². The lowest BCUT2D eigenvalue weighted by Gasteiger charge is -2.13. The molecule has 2 aromatic carbocycles. The standard InChI is InChI=1S/C17H10F3NO2/c18-17(19,20)14-5-2-8-21-15(14)12-4-1-3-10-6-7-11(16(22)23)9-13(10)12/h1-9H,(H,22,23). The average molecular weight is 317 g/mol. The summed E-state index contributed by atoms with van der Waals surface area (Å²) in [6.07, 6.45) is -3.26. The largest absolute Gasteiger partial charge is 0.478 e. The maximum Gasteiger partial charge on any atom is 0.418 e. The molecule has 0 aliphatic heterocycles. The molecule has 0 saturated heterocycles. The van der Waals surface area contributed by atoms with E-state index in [4.69, 9.17) is 5.11 Å². The second kappa shape index (κ2) is 5.39. The third kappa shape index (κ3) is 2.75. The zero-order chi connectivity index (χ0) is 16.6. The van der Waals surface area contributed by atoms with Crippen LogP contribution in [0.2, 0.25) is 0 Å². The van der Waals surface area contributed by atoms with Crippen LogP contribution in [-0.2, 0) is 6.18 Å². The van der Waals surface area contributed by atoms with Crippen molar-refractivity contribution in [3.63, 3.8) is 0 Å². The Kier molecular flexibility index (Phi) is 3.52. The number of carboxylic acid groups (broad SMARTS) is 1. The van der Waals surface area contributed by atoms with E-state index in [9.17, 15) is 18.0 Å². The Hall–Kier alpha value is -2.89. The minimum Gasteiger partial charge on any atom is -0.478 e. The molecule has 0 atom stereocenters. The number of carbonyl (C=O) groups is 1. The molecule has 3 aromatic rings. The Balaban J connectivity index is 2.33. The Morgan fingerprint density at radius 2 is 1.83 bits per heavy atom. The summed E-state index contributed by atoms with van der Waals surface area (Å²) in [6, 6.07) is 11.4. The highest BCUT2D eigenvalue weighted by atomic mass is 19.4. The lowest BCUT2D eigenvalue weighted by molar-refractivity contribution is -0.137. The van der Waals surface area contributed by atoms with E-state index < -0.39 is 17.7 Å². The van der Waals surface area contributed by atoms with E-state index in [0.29, 0.717) is 10.8 Å². The van der Waals surface area contributed by atoms with Crippen molar-refractivity contribution in [2.24, 2.45) is 0 Å². The first kappa shape index (κ1) is 15.0. The Morgan fingerprint density at radius 1 is 1.04 bits per heavy atom. The predicted molar refractivity (Wildman–Crippen MR) is 79.1 cm³/mol. The van der Waals surface area contributed by atoms with Crippen molar-refractivity contribution in [2.45, 2.75) is 6.18 Å². The number of rotatable bonds is 2. The molecule has 3 rings (SSSR count). The molecule has 0 aliphatic carbocycles. The van der Waals surface area contributed by atoms with Crippen molar-refractivity contribution in [3.8, 4) is 11.3 Å². The van der Waals surface area contributed by atoms with Gasteiger partial charge in [0.05, 0.1) is 16.8 Å². The molecule has 0 fully saturated rings.